The minimum Gasteiger partial charge on any atom is -0.454 e. The molecule has 0 fully saturated rings. The number of benzene rings is 1. The van der Waals surface area contributed by atoms with Gasteiger partial charge in [-0.3, -0.25) is 4.39 Å². The highest BCUT2D eigenvalue weighted by molar-refractivity contribution is 14.0. The molecule has 1 aliphatic rings. The molecule has 1 aromatic carbocycles. The van der Waals surface area contributed by atoms with Crippen LogP contribution in [0.3, 0.4) is 0 Å². The minimum absolute atomic E-state index is 0. The Kier molecular flexibility index (Phi) is 9.53. The normalized spacial score (nSPS) is 12.8. The molecule has 0 aromatic heterocycles. The van der Waals surface area contributed by atoms with Crippen molar-refractivity contribution in [3.8, 4) is 17.2 Å². The zero-order valence-electron chi connectivity index (χ0n) is 13.7. The molecule has 1 heterocycles. The third kappa shape index (κ3) is 6.67. The van der Waals surface area contributed by atoms with Crippen LogP contribution in [0.1, 0.15) is 18.9 Å². The molecular formula is C15H21F3IN3O3. The number of nitrogens with zero attached hydrogens (tertiary/aromatic N) is 1. The Morgan fingerprint density at radius 3 is 2.64 bits per heavy atom. The van der Waals surface area contributed by atoms with Crippen molar-refractivity contribution >= 4 is 29.9 Å². The Bertz CT molecular complexity index is 576. The largest absolute Gasteiger partial charge is 0.454 e. The van der Waals surface area contributed by atoms with Gasteiger partial charge in [-0.15, -0.1) is 24.0 Å². The average molecular weight is 475 g/mol. The summed E-state index contributed by atoms with van der Waals surface area (Å²) in [7, 11) is 0. The van der Waals surface area contributed by atoms with Crippen molar-refractivity contribution in [2.75, 3.05) is 26.6 Å². The van der Waals surface area contributed by atoms with E-state index in [1.807, 2.05) is 6.92 Å². The minimum atomic E-state index is -2.95. The molecule has 0 amide bonds. The predicted octanol–water partition coefficient (Wildman–Crippen LogP) is 3.05. The molecule has 10 heteroatoms. The molecule has 0 unspecified atom stereocenters. The summed E-state index contributed by atoms with van der Waals surface area (Å²) in [5, 5.41) is 5.95. The molecule has 0 bridgehead atoms. The first-order valence-electron chi connectivity index (χ1n) is 7.59. The summed E-state index contributed by atoms with van der Waals surface area (Å²) in [5.74, 6) is 1.26. The van der Waals surface area contributed by atoms with Crippen LogP contribution in [0.25, 0.3) is 0 Å². The van der Waals surface area contributed by atoms with Gasteiger partial charge in [0.15, 0.2) is 17.5 Å². The van der Waals surface area contributed by atoms with Crippen molar-refractivity contribution < 1.29 is 27.4 Å². The lowest BCUT2D eigenvalue weighted by Crippen LogP contribution is -2.37. The lowest BCUT2D eigenvalue weighted by molar-refractivity contribution is -0.0505. The second-order valence-corrected chi connectivity index (χ2v) is 4.86. The maximum absolute atomic E-state index is 12.6. The van der Waals surface area contributed by atoms with Crippen LogP contribution in [0, 0.1) is 0 Å². The van der Waals surface area contributed by atoms with E-state index in [2.05, 4.69) is 20.4 Å². The number of alkyl halides is 3. The molecular weight excluding hydrogens is 454 g/mol. The Labute approximate surface area is 161 Å². The number of nitrogens with one attached hydrogen (secondary N) is 2. The van der Waals surface area contributed by atoms with Gasteiger partial charge < -0.3 is 24.8 Å². The van der Waals surface area contributed by atoms with Gasteiger partial charge in [0.25, 0.3) is 0 Å². The molecule has 0 spiro atoms. The van der Waals surface area contributed by atoms with Crippen LogP contribution >= 0.6 is 24.0 Å². The Morgan fingerprint density at radius 1 is 1.28 bits per heavy atom. The van der Waals surface area contributed by atoms with E-state index in [1.54, 1.807) is 6.07 Å². The van der Waals surface area contributed by atoms with E-state index in [-0.39, 0.29) is 43.1 Å². The number of halogens is 4. The van der Waals surface area contributed by atoms with E-state index in [0.717, 1.165) is 0 Å². The number of hydrogen-bond acceptors (Lipinski definition) is 4. The van der Waals surface area contributed by atoms with Crippen LogP contribution in [-0.2, 0) is 6.54 Å². The summed E-state index contributed by atoms with van der Waals surface area (Å²) in [4.78, 5) is 4.30. The molecule has 142 valence electrons. The fraction of sp³-hybridized carbons (Fsp3) is 0.533. The molecule has 1 aliphatic heterocycles. The first-order valence-corrected chi connectivity index (χ1v) is 7.59. The summed E-state index contributed by atoms with van der Waals surface area (Å²) >= 11 is 0. The summed E-state index contributed by atoms with van der Waals surface area (Å²) in [6.07, 6.45) is 0.355. The number of fused-ring (bicyclic) bond motifs is 1. The number of rotatable bonds is 8. The topological polar surface area (TPSA) is 64.1 Å². The van der Waals surface area contributed by atoms with Crippen LogP contribution in [0.2, 0.25) is 0 Å². The zero-order chi connectivity index (χ0) is 17.4. The fourth-order valence-corrected chi connectivity index (χ4v) is 2.07. The van der Waals surface area contributed by atoms with Gasteiger partial charge in [0.2, 0.25) is 6.79 Å². The Morgan fingerprint density at radius 2 is 2.00 bits per heavy atom. The van der Waals surface area contributed by atoms with Crippen LogP contribution < -0.4 is 24.8 Å². The van der Waals surface area contributed by atoms with E-state index >= 15 is 0 Å². The van der Waals surface area contributed by atoms with Gasteiger partial charge in [0.05, 0.1) is 13.2 Å². The Hall–Kier alpha value is -1.59. The predicted molar refractivity (Wildman–Crippen MR) is 98.0 cm³/mol. The highest BCUT2D eigenvalue weighted by Gasteiger charge is 2.20. The average Bonchev–Trinajstić information content (AvgIpc) is 2.99. The van der Waals surface area contributed by atoms with Crippen molar-refractivity contribution in [1.82, 2.24) is 10.6 Å². The van der Waals surface area contributed by atoms with Gasteiger partial charge in [-0.25, -0.2) is 4.99 Å². The third-order valence-corrected chi connectivity index (χ3v) is 3.13. The van der Waals surface area contributed by atoms with Crippen molar-refractivity contribution in [3.63, 3.8) is 0 Å². The molecule has 2 rings (SSSR count). The number of aliphatic imine (C=N–C) groups is 1. The third-order valence-electron chi connectivity index (χ3n) is 3.13. The number of hydrogen-bond donors (Lipinski definition) is 2. The highest BCUT2D eigenvalue weighted by Crippen LogP contribution is 2.38. The summed E-state index contributed by atoms with van der Waals surface area (Å²) < 4.78 is 52.3. The first-order chi connectivity index (χ1) is 11.6. The van der Waals surface area contributed by atoms with E-state index in [4.69, 9.17) is 9.47 Å². The van der Waals surface area contributed by atoms with E-state index < -0.39 is 13.3 Å². The summed E-state index contributed by atoms with van der Waals surface area (Å²) in [6, 6.07) is 2.93. The smallest absolute Gasteiger partial charge is 0.387 e. The van der Waals surface area contributed by atoms with Gasteiger partial charge in [-0.2, -0.15) is 8.78 Å². The van der Waals surface area contributed by atoms with Gasteiger partial charge in [0.1, 0.15) is 5.75 Å². The molecule has 0 saturated heterocycles. The molecule has 2 N–H and O–H groups in total. The molecule has 0 saturated carbocycles. The highest BCUT2D eigenvalue weighted by atomic mass is 127. The van der Waals surface area contributed by atoms with Crippen LogP contribution in [0.4, 0.5) is 13.2 Å². The van der Waals surface area contributed by atoms with Crippen LogP contribution in [0.15, 0.2) is 17.1 Å². The van der Waals surface area contributed by atoms with Crippen molar-refractivity contribution in [3.05, 3.63) is 17.7 Å². The van der Waals surface area contributed by atoms with Gasteiger partial charge in [-0.05, 0) is 19.4 Å². The van der Waals surface area contributed by atoms with Gasteiger partial charge >= 0.3 is 6.61 Å². The number of guanidine groups is 1. The molecule has 0 aliphatic carbocycles. The molecule has 0 atom stereocenters. The monoisotopic (exact) mass is 475 g/mol. The van der Waals surface area contributed by atoms with Gasteiger partial charge in [-0.1, -0.05) is 0 Å². The van der Waals surface area contributed by atoms with E-state index in [1.165, 1.54) is 6.07 Å². The van der Waals surface area contributed by atoms with Crippen molar-refractivity contribution in [2.24, 2.45) is 4.99 Å². The lowest BCUT2D eigenvalue weighted by Gasteiger charge is -2.13. The standard InChI is InChI=1S/C15H20F3N3O3.HI/c1-2-19-15(20-5-3-4-16)21-8-10-6-12-13(23-9-22-12)7-11(10)24-14(17)18;/h6-7,14H,2-5,8-9H2,1H3,(H2,19,20,21);1H. The molecule has 0 radical (unpaired) electrons. The van der Waals surface area contributed by atoms with E-state index in [9.17, 15) is 13.2 Å². The van der Waals surface area contributed by atoms with Crippen molar-refractivity contribution in [2.45, 2.75) is 26.5 Å². The maximum atomic E-state index is 12.6. The van der Waals surface area contributed by atoms with E-state index in [0.29, 0.717) is 42.5 Å². The second-order valence-electron chi connectivity index (χ2n) is 4.86. The molecule has 1 aromatic rings. The fourth-order valence-electron chi connectivity index (χ4n) is 2.07. The zero-order valence-corrected chi connectivity index (χ0v) is 16.0. The van der Waals surface area contributed by atoms with Crippen LogP contribution in [0.5, 0.6) is 17.2 Å². The molecule has 25 heavy (non-hydrogen) atoms. The maximum Gasteiger partial charge on any atom is 0.387 e. The quantitative estimate of drug-likeness (QED) is 0.262. The number of ether oxygens (including phenoxy) is 3. The summed E-state index contributed by atoms with van der Waals surface area (Å²) in [6.45, 7) is -0.344. The first kappa shape index (κ1) is 21.5. The SMILES string of the molecule is CCNC(=NCc1cc2c(cc1OC(F)F)OCO2)NCCCF.I. The van der Waals surface area contributed by atoms with Gasteiger partial charge in [0, 0.05) is 24.7 Å². The summed E-state index contributed by atoms with van der Waals surface area (Å²) in [5.41, 5.74) is 0.433. The lowest BCUT2D eigenvalue weighted by atomic mass is 10.1. The second kappa shape index (κ2) is 11.1. The molecule has 6 nitrogen and oxygen atoms in total. The van der Waals surface area contributed by atoms with Crippen molar-refractivity contribution in [1.29, 1.82) is 0 Å². The Balaban J connectivity index is 0.00000312. The van der Waals surface area contributed by atoms with Crippen LogP contribution in [-0.4, -0.2) is 39.1 Å².